The predicted molar refractivity (Wildman–Crippen MR) is 66.1 cm³/mol. The molecule has 2 aromatic heterocycles. The van der Waals surface area contributed by atoms with Crippen LogP contribution in [0.25, 0.3) is 11.0 Å². The van der Waals surface area contributed by atoms with Gasteiger partial charge in [-0.2, -0.15) is 5.10 Å². The van der Waals surface area contributed by atoms with Crippen LogP contribution in [0.4, 0.5) is 0 Å². The molecule has 0 N–H and O–H groups in total. The van der Waals surface area contributed by atoms with Gasteiger partial charge in [-0.15, -0.1) is 0 Å². The first kappa shape index (κ1) is 11.6. The Labute approximate surface area is 104 Å². The normalized spacial score (nSPS) is 10.1. The van der Waals surface area contributed by atoms with Crippen LogP contribution in [0.15, 0.2) is 6.07 Å². The molecule has 0 atom stereocenters. The minimum atomic E-state index is -0.0774. The first-order valence-corrected chi connectivity index (χ1v) is 5.39. The Kier molecular flexibility index (Phi) is 2.86. The van der Waals surface area contributed by atoms with Crippen molar-refractivity contribution in [1.29, 1.82) is 0 Å². The van der Waals surface area contributed by atoms with Gasteiger partial charge in [0.05, 0.1) is 5.39 Å². The van der Waals surface area contributed by atoms with Crippen molar-refractivity contribution in [2.45, 2.75) is 13.8 Å². The number of halogens is 1. The number of Topliss-reactive ketones (excluding diaryl/α,β-unsaturated/α-hetero) is 1. The van der Waals surface area contributed by atoms with Crippen LogP contribution >= 0.6 is 11.6 Å². The quantitative estimate of drug-likeness (QED) is 0.441. The van der Waals surface area contributed by atoms with E-state index in [-0.39, 0.29) is 10.9 Å². The molecule has 0 fully saturated rings. The van der Waals surface area contributed by atoms with E-state index in [2.05, 4.69) is 21.9 Å². The van der Waals surface area contributed by atoms with Gasteiger partial charge in [0.25, 0.3) is 0 Å². The number of aromatic nitrogens is 3. The van der Waals surface area contributed by atoms with E-state index in [1.54, 1.807) is 24.7 Å². The molecule has 4 nitrogen and oxygen atoms in total. The molecule has 0 amide bonds. The van der Waals surface area contributed by atoms with Gasteiger partial charge in [0.15, 0.2) is 11.4 Å². The van der Waals surface area contributed by atoms with E-state index in [1.807, 2.05) is 0 Å². The van der Waals surface area contributed by atoms with Crippen molar-refractivity contribution >= 4 is 28.4 Å². The topological polar surface area (TPSA) is 47.8 Å². The fourth-order valence-electron chi connectivity index (χ4n) is 1.70. The van der Waals surface area contributed by atoms with Crippen LogP contribution in [-0.2, 0) is 7.05 Å². The van der Waals surface area contributed by atoms with Gasteiger partial charge in [-0.25, -0.2) is 9.67 Å². The lowest BCUT2D eigenvalue weighted by atomic mass is 10.1. The van der Waals surface area contributed by atoms with Crippen LogP contribution < -0.4 is 0 Å². The van der Waals surface area contributed by atoms with Crippen molar-refractivity contribution in [2.24, 2.45) is 7.05 Å². The fourth-order valence-corrected chi connectivity index (χ4v) is 1.89. The van der Waals surface area contributed by atoms with Gasteiger partial charge < -0.3 is 0 Å². The molecule has 0 bridgehead atoms. The summed E-state index contributed by atoms with van der Waals surface area (Å²) >= 11 is 5.89. The van der Waals surface area contributed by atoms with Crippen molar-refractivity contribution in [2.75, 3.05) is 0 Å². The zero-order chi connectivity index (χ0) is 12.6. The molecule has 0 aliphatic rings. The number of fused-ring (bicyclic) bond motifs is 1. The molecule has 0 aromatic carbocycles. The summed E-state index contributed by atoms with van der Waals surface area (Å²) in [5.41, 5.74) is 1.63. The van der Waals surface area contributed by atoms with Crippen molar-refractivity contribution in [3.05, 3.63) is 22.5 Å². The molecule has 5 heteroatoms. The molecule has 2 heterocycles. The van der Waals surface area contributed by atoms with Crippen LogP contribution in [0.1, 0.15) is 29.9 Å². The van der Waals surface area contributed by atoms with Gasteiger partial charge in [0, 0.05) is 12.6 Å². The Morgan fingerprint density at radius 1 is 1.53 bits per heavy atom. The third kappa shape index (κ3) is 1.90. The monoisotopic (exact) mass is 247 g/mol. The fraction of sp³-hybridized carbons (Fsp3) is 0.250. The summed E-state index contributed by atoms with van der Waals surface area (Å²) in [5, 5.41) is 5.18. The van der Waals surface area contributed by atoms with Crippen LogP contribution in [0.5, 0.6) is 0 Å². The molecule has 0 aliphatic carbocycles. The van der Waals surface area contributed by atoms with E-state index < -0.39 is 0 Å². The van der Waals surface area contributed by atoms with Gasteiger partial charge in [-0.05, 0) is 25.8 Å². The van der Waals surface area contributed by atoms with Crippen LogP contribution in [0.3, 0.4) is 0 Å². The van der Waals surface area contributed by atoms with Gasteiger partial charge in [0.2, 0.25) is 0 Å². The van der Waals surface area contributed by atoms with E-state index >= 15 is 0 Å². The third-order valence-electron chi connectivity index (χ3n) is 2.39. The average molecular weight is 248 g/mol. The second-order valence-corrected chi connectivity index (χ2v) is 3.98. The Morgan fingerprint density at radius 2 is 2.24 bits per heavy atom. The highest BCUT2D eigenvalue weighted by Crippen LogP contribution is 2.24. The van der Waals surface area contributed by atoms with Crippen LogP contribution in [-0.4, -0.2) is 20.5 Å². The first-order chi connectivity index (χ1) is 8.04. The van der Waals surface area contributed by atoms with Crippen molar-refractivity contribution in [1.82, 2.24) is 14.8 Å². The highest BCUT2D eigenvalue weighted by molar-refractivity contribution is 6.30. The summed E-state index contributed by atoms with van der Waals surface area (Å²) in [6.45, 7) is 3.21. The molecule has 0 spiro atoms. The Hall–Kier alpha value is -1.86. The SMILES string of the molecule is CC#Cc1nn(C)c2nc(Cl)cc(C(C)=O)c12. The van der Waals surface area contributed by atoms with Crippen LogP contribution in [0, 0.1) is 11.8 Å². The maximum Gasteiger partial charge on any atom is 0.161 e. The number of ketones is 1. The number of hydrogen-bond acceptors (Lipinski definition) is 3. The lowest BCUT2D eigenvalue weighted by molar-refractivity contribution is 0.101. The highest BCUT2D eigenvalue weighted by atomic mass is 35.5. The smallest absolute Gasteiger partial charge is 0.161 e. The lowest BCUT2D eigenvalue weighted by Crippen LogP contribution is -1.97. The summed E-state index contributed by atoms with van der Waals surface area (Å²) in [6.07, 6.45) is 0. The highest BCUT2D eigenvalue weighted by Gasteiger charge is 2.16. The number of carbonyl (C=O) groups is 1. The molecular weight excluding hydrogens is 238 g/mol. The second kappa shape index (κ2) is 4.19. The second-order valence-electron chi connectivity index (χ2n) is 3.59. The van der Waals surface area contributed by atoms with E-state index in [9.17, 15) is 4.79 Å². The Balaban J connectivity index is 2.96. The number of aryl methyl sites for hydroxylation is 1. The lowest BCUT2D eigenvalue weighted by Gasteiger charge is -2.00. The summed E-state index contributed by atoms with van der Waals surface area (Å²) in [5.74, 6) is 5.56. The first-order valence-electron chi connectivity index (χ1n) is 5.01. The number of carbonyl (C=O) groups excluding carboxylic acids is 1. The maximum absolute atomic E-state index is 11.6. The third-order valence-corrected chi connectivity index (χ3v) is 2.58. The summed E-state index contributed by atoms with van der Waals surface area (Å²) in [6, 6.07) is 1.55. The zero-order valence-electron chi connectivity index (χ0n) is 9.71. The zero-order valence-corrected chi connectivity index (χ0v) is 10.5. The molecule has 17 heavy (non-hydrogen) atoms. The molecule has 0 unspecified atom stereocenters. The van der Waals surface area contributed by atoms with E-state index in [1.165, 1.54) is 6.92 Å². The van der Waals surface area contributed by atoms with Gasteiger partial charge in [-0.1, -0.05) is 17.5 Å². The van der Waals surface area contributed by atoms with Crippen molar-refractivity contribution in [3.63, 3.8) is 0 Å². The Morgan fingerprint density at radius 3 is 2.82 bits per heavy atom. The minimum Gasteiger partial charge on any atom is -0.294 e. The molecule has 0 saturated carbocycles. The van der Waals surface area contributed by atoms with Gasteiger partial charge in [-0.3, -0.25) is 4.79 Å². The number of rotatable bonds is 1. The summed E-state index contributed by atoms with van der Waals surface area (Å²) in [4.78, 5) is 15.8. The Bertz CT molecular complexity index is 676. The van der Waals surface area contributed by atoms with Gasteiger partial charge in [0.1, 0.15) is 10.8 Å². The van der Waals surface area contributed by atoms with Crippen molar-refractivity contribution < 1.29 is 4.79 Å². The minimum absolute atomic E-state index is 0.0774. The van der Waals surface area contributed by atoms with E-state index in [0.29, 0.717) is 22.3 Å². The molecule has 2 aromatic rings. The van der Waals surface area contributed by atoms with E-state index in [4.69, 9.17) is 11.6 Å². The largest absolute Gasteiger partial charge is 0.294 e. The predicted octanol–water partition coefficient (Wildman–Crippen LogP) is 2.20. The number of hydrogen-bond donors (Lipinski definition) is 0. The van der Waals surface area contributed by atoms with E-state index in [0.717, 1.165) is 0 Å². The summed E-state index contributed by atoms with van der Waals surface area (Å²) in [7, 11) is 1.75. The molecule has 86 valence electrons. The molecule has 0 aliphatic heterocycles. The standard InChI is InChI=1S/C12H10ClN3O/c1-4-5-9-11-8(7(2)17)6-10(13)14-12(11)16(3)15-9/h6H,1-3H3. The maximum atomic E-state index is 11.6. The molecular formula is C12H10ClN3O. The number of nitrogens with zero attached hydrogens (tertiary/aromatic N) is 3. The summed E-state index contributed by atoms with van der Waals surface area (Å²) < 4.78 is 1.58. The van der Waals surface area contributed by atoms with Gasteiger partial charge >= 0.3 is 0 Å². The van der Waals surface area contributed by atoms with Crippen LogP contribution in [0.2, 0.25) is 5.15 Å². The average Bonchev–Trinajstić information content (AvgIpc) is 2.55. The van der Waals surface area contributed by atoms with Crippen molar-refractivity contribution in [3.8, 4) is 11.8 Å². The number of pyridine rings is 1. The molecule has 2 rings (SSSR count). The molecule has 0 radical (unpaired) electrons. The molecule has 0 saturated heterocycles.